The standard InChI is InChI=1S/C26H30N4OS/c1-2-17-30-25(21-13-7-4-8-14-21)28-29-26(30)32-19-24(31)27-23-16-10-9-15-22(23)18-20-11-5-3-6-12-20/h2-3,5-6,9-12,15-16,21H,1,4,7-8,13-14,17-19H2,(H,27,31). The Balaban J connectivity index is 1.40. The number of anilines is 1. The minimum Gasteiger partial charge on any atom is -0.325 e. The molecular weight excluding hydrogens is 416 g/mol. The van der Waals surface area contributed by atoms with E-state index in [1.54, 1.807) is 0 Å². The van der Waals surface area contributed by atoms with Gasteiger partial charge in [-0.2, -0.15) is 0 Å². The van der Waals surface area contributed by atoms with Gasteiger partial charge in [-0.05, 0) is 36.5 Å². The Bertz CT molecular complexity index is 1040. The van der Waals surface area contributed by atoms with Crippen LogP contribution in [0, 0.1) is 0 Å². The third kappa shape index (κ3) is 5.68. The van der Waals surface area contributed by atoms with Crippen molar-refractivity contribution in [2.24, 2.45) is 0 Å². The molecule has 0 radical (unpaired) electrons. The van der Waals surface area contributed by atoms with Crippen LogP contribution in [0.5, 0.6) is 0 Å². The largest absolute Gasteiger partial charge is 0.325 e. The van der Waals surface area contributed by atoms with E-state index in [0.29, 0.717) is 18.2 Å². The molecule has 1 N–H and O–H groups in total. The smallest absolute Gasteiger partial charge is 0.234 e. The third-order valence-corrected chi connectivity index (χ3v) is 6.86. The molecule has 5 nitrogen and oxygen atoms in total. The summed E-state index contributed by atoms with van der Waals surface area (Å²) in [6.45, 7) is 4.56. The van der Waals surface area contributed by atoms with Crippen LogP contribution in [0.15, 0.2) is 72.4 Å². The van der Waals surface area contributed by atoms with Crippen LogP contribution in [0.3, 0.4) is 0 Å². The monoisotopic (exact) mass is 446 g/mol. The first kappa shape index (κ1) is 22.3. The summed E-state index contributed by atoms with van der Waals surface area (Å²) in [5.41, 5.74) is 3.18. The first-order chi connectivity index (χ1) is 15.7. The molecule has 0 unspecified atom stereocenters. The number of allylic oxidation sites excluding steroid dienone is 1. The van der Waals surface area contributed by atoms with Crippen molar-refractivity contribution in [3.8, 4) is 0 Å². The first-order valence-corrected chi connectivity index (χ1v) is 12.3. The van der Waals surface area contributed by atoms with Gasteiger partial charge in [0.2, 0.25) is 5.91 Å². The fourth-order valence-corrected chi connectivity index (χ4v) is 5.05. The van der Waals surface area contributed by atoms with E-state index in [-0.39, 0.29) is 5.91 Å². The maximum atomic E-state index is 12.8. The lowest BCUT2D eigenvalue weighted by Gasteiger charge is -2.21. The zero-order valence-electron chi connectivity index (χ0n) is 18.4. The van der Waals surface area contributed by atoms with Gasteiger partial charge in [0.05, 0.1) is 5.75 Å². The molecule has 1 heterocycles. The second-order valence-corrected chi connectivity index (χ2v) is 9.17. The molecule has 0 saturated heterocycles. The fourth-order valence-electron chi connectivity index (χ4n) is 4.30. The zero-order chi connectivity index (χ0) is 22.2. The highest BCUT2D eigenvalue weighted by Gasteiger charge is 2.23. The molecule has 0 spiro atoms. The highest BCUT2D eigenvalue weighted by Crippen LogP contribution is 2.33. The molecule has 0 bridgehead atoms. The van der Waals surface area contributed by atoms with Gasteiger partial charge in [0, 0.05) is 18.2 Å². The molecule has 1 aliphatic rings. The Labute approximate surface area is 194 Å². The summed E-state index contributed by atoms with van der Waals surface area (Å²) >= 11 is 1.44. The van der Waals surface area contributed by atoms with Crippen molar-refractivity contribution < 1.29 is 4.79 Å². The summed E-state index contributed by atoms with van der Waals surface area (Å²) < 4.78 is 2.13. The molecule has 4 rings (SSSR count). The van der Waals surface area contributed by atoms with Gasteiger partial charge in [-0.15, -0.1) is 16.8 Å². The number of benzene rings is 2. The average Bonchev–Trinajstić information content (AvgIpc) is 3.23. The maximum Gasteiger partial charge on any atom is 0.234 e. The number of nitrogens with zero attached hydrogens (tertiary/aromatic N) is 3. The summed E-state index contributed by atoms with van der Waals surface area (Å²) in [5.74, 6) is 1.76. The van der Waals surface area contributed by atoms with Crippen LogP contribution in [0.1, 0.15) is 55.0 Å². The number of amides is 1. The molecule has 6 heteroatoms. The van der Waals surface area contributed by atoms with Gasteiger partial charge in [-0.3, -0.25) is 4.79 Å². The van der Waals surface area contributed by atoms with Crippen molar-refractivity contribution >= 4 is 23.4 Å². The summed E-state index contributed by atoms with van der Waals surface area (Å²) in [6, 6.07) is 18.3. The minimum absolute atomic E-state index is 0.0390. The van der Waals surface area contributed by atoms with Crippen molar-refractivity contribution in [3.63, 3.8) is 0 Å². The molecular formula is C26H30N4OS. The van der Waals surface area contributed by atoms with E-state index in [1.165, 1.54) is 49.4 Å². The summed E-state index contributed by atoms with van der Waals surface area (Å²) in [4.78, 5) is 12.8. The van der Waals surface area contributed by atoms with Crippen LogP contribution in [0.25, 0.3) is 0 Å². The van der Waals surface area contributed by atoms with E-state index in [2.05, 4.69) is 44.9 Å². The van der Waals surface area contributed by atoms with E-state index in [1.807, 2.05) is 42.5 Å². The van der Waals surface area contributed by atoms with Crippen molar-refractivity contribution in [3.05, 3.63) is 84.2 Å². The molecule has 0 atom stereocenters. The van der Waals surface area contributed by atoms with Crippen LogP contribution < -0.4 is 5.32 Å². The number of carbonyl (C=O) groups excluding carboxylic acids is 1. The van der Waals surface area contributed by atoms with Gasteiger partial charge in [0.1, 0.15) is 5.82 Å². The fraction of sp³-hybridized carbons (Fsp3) is 0.346. The Hall–Kier alpha value is -2.86. The third-order valence-electron chi connectivity index (χ3n) is 5.89. The van der Waals surface area contributed by atoms with Gasteiger partial charge in [0.25, 0.3) is 0 Å². The lowest BCUT2D eigenvalue weighted by molar-refractivity contribution is -0.113. The highest BCUT2D eigenvalue weighted by atomic mass is 32.2. The Morgan fingerprint density at radius 1 is 1.06 bits per heavy atom. The van der Waals surface area contributed by atoms with E-state index in [4.69, 9.17) is 0 Å². The van der Waals surface area contributed by atoms with Crippen LogP contribution in [-0.2, 0) is 17.8 Å². The Kier molecular flexibility index (Phi) is 7.77. The number of aromatic nitrogens is 3. The SMILES string of the molecule is C=CCn1c(SCC(=O)Nc2ccccc2Cc2ccccc2)nnc1C1CCCCC1. The number of hydrogen-bond acceptors (Lipinski definition) is 4. The number of para-hydroxylation sites is 1. The van der Waals surface area contributed by atoms with Crippen LogP contribution in [-0.4, -0.2) is 26.4 Å². The predicted molar refractivity (Wildman–Crippen MR) is 131 cm³/mol. The second-order valence-electron chi connectivity index (χ2n) is 8.23. The van der Waals surface area contributed by atoms with Crippen molar-refractivity contribution in [1.29, 1.82) is 0 Å². The van der Waals surface area contributed by atoms with E-state index in [9.17, 15) is 4.79 Å². The molecule has 1 amide bonds. The van der Waals surface area contributed by atoms with Gasteiger partial charge in [-0.1, -0.05) is 85.6 Å². The zero-order valence-corrected chi connectivity index (χ0v) is 19.2. The number of rotatable bonds is 9. The maximum absolute atomic E-state index is 12.8. The first-order valence-electron chi connectivity index (χ1n) is 11.3. The molecule has 2 aromatic carbocycles. The van der Waals surface area contributed by atoms with E-state index >= 15 is 0 Å². The molecule has 166 valence electrons. The molecule has 0 aliphatic heterocycles. The van der Waals surface area contributed by atoms with Crippen molar-refractivity contribution in [1.82, 2.24) is 14.8 Å². The predicted octanol–water partition coefficient (Wildman–Crippen LogP) is 5.83. The van der Waals surface area contributed by atoms with Crippen LogP contribution in [0.4, 0.5) is 5.69 Å². The average molecular weight is 447 g/mol. The summed E-state index contributed by atoms with van der Waals surface area (Å²) in [7, 11) is 0. The number of hydrogen-bond donors (Lipinski definition) is 1. The topological polar surface area (TPSA) is 59.8 Å². The number of thioether (sulfide) groups is 1. The number of nitrogens with one attached hydrogen (secondary N) is 1. The molecule has 3 aromatic rings. The van der Waals surface area contributed by atoms with Gasteiger partial charge >= 0.3 is 0 Å². The van der Waals surface area contributed by atoms with E-state index in [0.717, 1.165) is 28.7 Å². The van der Waals surface area contributed by atoms with Crippen molar-refractivity contribution in [2.75, 3.05) is 11.1 Å². The lowest BCUT2D eigenvalue weighted by Crippen LogP contribution is -2.16. The van der Waals surface area contributed by atoms with Crippen molar-refractivity contribution in [2.45, 2.75) is 56.1 Å². The van der Waals surface area contributed by atoms with Crippen LogP contribution in [0.2, 0.25) is 0 Å². The van der Waals surface area contributed by atoms with Gasteiger partial charge in [0.15, 0.2) is 5.16 Å². The molecule has 1 aromatic heterocycles. The van der Waals surface area contributed by atoms with E-state index < -0.39 is 0 Å². The lowest BCUT2D eigenvalue weighted by atomic mass is 9.89. The quantitative estimate of drug-likeness (QED) is 0.332. The summed E-state index contributed by atoms with van der Waals surface area (Å²) in [6.07, 6.45) is 8.79. The number of carbonyl (C=O) groups is 1. The molecule has 1 saturated carbocycles. The molecule has 1 aliphatic carbocycles. The molecule has 1 fully saturated rings. The Morgan fingerprint density at radius 2 is 1.81 bits per heavy atom. The normalized spacial score (nSPS) is 14.2. The highest BCUT2D eigenvalue weighted by molar-refractivity contribution is 7.99. The van der Waals surface area contributed by atoms with Gasteiger partial charge in [-0.25, -0.2) is 0 Å². The minimum atomic E-state index is -0.0390. The second kappa shape index (κ2) is 11.1. The molecule has 32 heavy (non-hydrogen) atoms. The van der Waals surface area contributed by atoms with Gasteiger partial charge < -0.3 is 9.88 Å². The van der Waals surface area contributed by atoms with Crippen LogP contribution >= 0.6 is 11.8 Å². The summed E-state index contributed by atoms with van der Waals surface area (Å²) in [5, 5.41) is 12.8. The Morgan fingerprint density at radius 3 is 2.59 bits per heavy atom.